The van der Waals surface area contributed by atoms with Gasteiger partial charge < -0.3 is 19.7 Å². The van der Waals surface area contributed by atoms with Gasteiger partial charge in [0.25, 0.3) is 0 Å². The third-order valence-corrected chi connectivity index (χ3v) is 5.80. The van der Waals surface area contributed by atoms with Crippen LogP contribution in [0.1, 0.15) is 11.1 Å². The van der Waals surface area contributed by atoms with Crippen molar-refractivity contribution in [2.24, 2.45) is 0 Å². The molecule has 0 saturated carbocycles. The van der Waals surface area contributed by atoms with Gasteiger partial charge in [-0.3, -0.25) is 4.90 Å². The van der Waals surface area contributed by atoms with Gasteiger partial charge in [0.1, 0.15) is 5.75 Å². The Balaban J connectivity index is 1.68. The molecular formula is C22H28ClN3O2S. The van der Waals surface area contributed by atoms with Crippen LogP contribution < -0.4 is 10.1 Å². The van der Waals surface area contributed by atoms with Crippen molar-refractivity contribution in [1.82, 2.24) is 9.80 Å². The molecule has 1 heterocycles. The van der Waals surface area contributed by atoms with Crippen LogP contribution in [0.25, 0.3) is 0 Å². The van der Waals surface area contributed by atoms with Crippen LogP contribution in [0.4, 0.5) is 5.69 Å². The van der Waals surface area contributed by atoms with Crippen LogP contribution in [0.3, 0.4) is 0 Å². The van der Waals surface area contributed by atoms with Gasteiger partial charge in [-0.1, -0.05) is 23.7 Å². The van der Waals surface area contributed by atoms with E-state index in [1.165, 1.54) is 5.56 Å². The van der Waals surface area contributed by atoms with Crippen molar-refractivity contribution < 1.29 is 9.47 Å². The van der Waals surface area contributed by atoms with Crippen molar-refractivity contribution in [1.29, 1.82) is 0 Å². The molecule has 1 aliphatic rings. The van der Waals surface area contributed by atoms with E-state index in [0.29, 0.717) is 5.11 Å². The van der Waals surface area contributed by atoms with Crippen LogP contribution in [0.2, 0.25) is 5.02 Å². The van der Waals surface area contributed by atoms with Gasteiger partial charge in [-0.15, -0.1) is 0 Å². The summed E-state index contributed by atoms with van der Waals surface area (Å²) in [6.45, 7) is 8.03. The van der Waals surface area contributed by atoms with E-state index in [2.05, 4.69) is 27.2 Å². The van der Waals surface area contributed by atoms with Crippen LogP contribution in [0, 0.1) is 6.92 Å². The van der Waals surface area contributed by atoms with E-state index in [1.54, 1.807) is 7.11 Å². The summed E-state index contributed by atoms with van der Waals surface area (Å²) in [5, 5.41) is 4.83. The molecule has 0 atom stereocenters. The summed E-state index contributed by atoms with van der Waals surface area (Å²) >= 11 is 11.9. The summed E-state index contributed by atoms with van der Waals surface area (Å²) in [5.74, 6) is 0.853. The molecule has 7 heteroatoms. The summed E-state index contributed by atoms with van der Waals surface area (Å²) in [7, 11) is 1.68. The quantitative estimate of drug-likeness (QED) is 0.660. The maximum absolute atomic E-state index is 6.15. The summed E-state index contributed by atoms with van der Waals surface area (Å²) in [6, 6.07) is 14.0. The van der Waals surface area contributed by atoms with Crippen LogP contribution in [-0.4, -0.2) is 61.4 Å². The smallest absolute Gasteiger partial charge is 0.173 e. The van der Waals surface area contributed by atoms with Crippen molar-refractivity contribution in [2.45, 2.75) is 13.5 Å². The second kappa shape index (κ2) is 10.8. The van der Waals surface area contributed by atoms with E-state index >= 15 is 0 Å². The summed E-state index contributed by atoms with van der Waals surface area (Å²) in [4.78, 5) is 4.62. The number of rotatable bonds is 7. The molecule has 0 unspecified atom stereocenters. The Morgan fingerprint density at radius 2 is 1.93 bits per heavy atom. The molecule has 2 aromatic carbocycles. The van der Waals surface area contributed by atoms with E-state index in [-0.39, 0.29) is 0 Å². The summed E-state index contributed by atoms with van der Waals surface area (Å²) in [6.07, 6.45) is 0. The minimum Gasteiger partial charge on any atom is -0.497 e. The molecule has 1 aliphatic heterocycles. The average molecular weight is 434 g/mol. The van der Waals surface area contributed by atoms with E-state index in [1.807, 2.05) is 37.3 Å². The summed E-state index contributed by atoms with van der Waals surface area (Å²) in [5.41, 5.74) is 3.15. The number of halogens is 1. The van der Waals surface area contributed by atoms with Gasteiger partial charge in [0.2, 0.25) is 0 Å². The minimum absolute atomic E-state index is 0.704. The van der Waals surface area contributed by atoms with Crippen molar-refractivity contribution in [3.63, 3.8) is 0 Å². The Morgan fingerprint density at radius 3 is 2.59 bits per heavy atom. The number of anilines is 1. The SMILES string of the molecule is COc1ccc(CN(CCN2CCOCC2)C(=S)Nc2ccc(Cl)c(C)c2)cc1. The van der Waals surface area contributed by atoms with Gasteiger partial charge in [-0.05, 0) is 60.6 Å². The maximum Gasteiger partial charge on any atom is 0.173 e. The summed E-state index contributed by atoms with van der Waals surface area (Å²) < 4.78 is 10.7. The van der Waals surface area contributed by atoms with Gasteiger partial charge >= 0.3 is 0 Å². The van der Waals surface area contributed by atoms with Crippen molar-refractivity contribution >= 4 is 34.6 Å². The van der Waals surface area contributed by atoms with Gasteiger partial charge in [0, 0.05) is 43.4 Å². The normalized spacial score (nSPS) is 14.4. The molecule has 1 N–H and O–H groups in total. The second-order valence-corrected chi connectivity index (χ2v) is 7.91. The molecule has 3 rings (SSSR count). The number of nitrogens with zero attached hydrogens (tertiary/aromatic N) is 2. The first kappa shape index (κ1) is 21.8. The number of aryl methyl sites for hydroxylation is 1. The highest BCUT2D eigenvalue weighted by Gasteiger charge is 2.15. The Kier molecular flexibility index (Phi) is 8.12. The number of ether oxygens (including phenoxy) is 2. The number of thiocarbonyl (C=S) groups is 1. The Hall–Kier alpha value is -1.86. The first-order valence-electron chi connectivity index (χ1n) is 9.80. The molecule has 2 aromatic rings. The molecule has 0 bridgehead atoms. The highest BCUT2D eigenvalue weighted by molar-refractivity contribution is 7.80. The van der Waals surface area contributed by atoms with E-state index in [4.69, 9.17) is 33.3 Å². The number of morpholine rings is 1. The molecule has 1 saturated heterocycles. The average Bonchev–Trinajstić information content (AvgIpc) is 2.75. The highest BCUT2D eigenvalue weighted by atomic mass is 35.5. The fourth-order valence-electron chi connectivity index (χ4n) is 3.22. The van der Waals surface area contributed by atoms with Crippen molar-refractivity contribution in [3.8, 4) is 5.75 Å². The third-order valence-electron chi connectivity index (χ3n) is 5.02. The second-order valence-electron chi connectivity index (χ2n) is 7.12. The molecular weight excluding hydrogens is 406 g/mol. The van der Waals surface area contributed by atoms with E-state index < -0.39 is 0 Å². The van der Waals surface area contributed by atoms with Gasteiger partial charge in [0.15, 0.2) is 5.11 Å². The maximum atomic E-state index is 6.15. The monoisotopic (exact) mass is 433 g/mol. The predicted molar refractivity (Wildman–Crippen MR) is 123 cm³/mol. The number of benzene rings is 2. The third kappa shape index (κ3) is 6.57. The zero-order valence-corrected chi connectivity index (χ0v) is 18.6. The molecule has 29 heavy (non-hydrogen) atoms. The topological polar surface area (TPSA) is 37.0 Å². The van der Waals surface area contributed by atoms with Crippen LogP contribution >= 0.6 is 23.8 Å². The Morgan fingerprint density at radius 1 is 1.21 bits per heavy atom. The van der Waals surface area contributed by atoms with Gasteiger partial charge in [-0.2, -0.15) is 0 Å². The highest BCUT2D eigenvalue weighted by Crippen LogP contribution is 2.20. The number of hydrogen-bond donors (Lipinski definition) is 1. The lowest BCUT2D eigenvalue weighted by molar-refractivity contribution is 0.0358. The van der Waals surface area contributed by atoms with E-state index in [9.17, 15) is 0 Å². The number of hydrogen-bond acceptors (Lipinski definition) is 4. The minimum atomic E-state index is 0.704. The number of methoxy groups -OCH3 is 1. The molecule has 0 radical (unpaired) electrons. The fourth-order valence-corrected chi connectivity index (χ4v) is 3.61. The van der Waals surface area contributed by atoms with Gasteiger partial charge in [0.05, 0.1) is 20.3 Å². The largest absolute Gasteiger partial charge is 0.497 e. The molecule has 156 valence electrons. The number of nitrogens with one attached hydrogen (secondary N) is 1. The Bertz CT molecular complexity index is 810. The van der Waals surface area contributed by atoms with Crippen molar-refractivity contribution in [3.05, 3.63) is 58.6 Å². The molecule has 0 spiro atoms. The first-order valence-corrected chi connectivity index (χ1v) is 10.6. The molecule has 0 aromatic heterocycles. The van der Waals surface area contributed by atoms with Crippen LogP contribution in [0.5, 0.6) is 5.75 Å². The van der Waals surface area contributed by atoms with E-state index in [0.717, 1.165) is 68.0 Å². The first-order chi connectivity index (χ1) is 14.0. The molecule has 0 amide bonds. The zero-order valence-electron chi connectivity index (χ0n) is 17.0. The lowest BCUT2D eigenvalue weighted by atomic mass is 10.2. The lowest BCUT2D eigenvalue weighted by Gasteiger charge is -2.31. The molecule has 1 fully saturated rings. The van der Waals surface area contributed by atoms with Crippen LogP contribution in [-0.2, 0) is 11.3 Å². The van der Waals surface area contributed by atoms with Gasteiger partial charge in [-0.25, -0.2) is 0 Å². The lowest BCUT2D eigenvalue weighted by Crippen LogP contribution is -2.43. The predicted octanol–water partition coefficient (Wildman–Crippen LogP) is 4.19. The van der Waals surface area contributed by atoms with Crippen molar-refractivity contribution in [2.75, 3.05) is 51.8 Å². The fraction of sp³-hybridized carbons (Fsp3) is 0.409. The molecule has 5 nitrogen and oxygen atoms in total. The molecule has 0 aliphatic carbocycles. The Labute approximate surface area is 183 Å². The standard InChI is InChI=1S/C22H28ClN3O2S/c1-17-15-19(5-8-21(17)23)24-22(29)26(10-9-25-11-13-28-14-12-25)16-18-3-6-20(27-2)7-4-18/h3-8,15H,9-14,16H2,1-2H3,(H,24,29). The zero-order chi connectivity index (χ0) is 20.6. The van der Waals surface area contributed by atoms with Crippen LogP contribution in [0.15, 0.2) is 42.5 Å².